The van der Waals surface area contributed by atoms with Crippen LogP contribution in [0.25, 0.3) is 0 Å². The zero-order valence-electron chi connectivity index (χ0n) is 9.92. The molecular weight excluding hydrogens is 232 g/mol. The number of aromatic nitrogens is 3. The molecule has 1 aromatic carbocycles. The van der Waals surface area contributed by atoms with Gasteiger partial charge in [0.2, 0.25) is 5.82 Å². The van der Waals surface area contributed by atoms with Crippen molar-refractivity contribution in [3.05, 3.63) is 47.5 Å². The molecule has 6 nitrogen and oxygen atoms in total. The van der Waals surface area contributed by atoms with Crippen molar-refractivity contribution in [2.45, 2.75) is 13.0 Å². The maximum absolute atomic E-state index is 11.8. The number of aliphatic hydroxyl groups excluding tert-OH is 1. The summed E-state index contributed by atoms with van der Waals surface area (Å²) in [6.45, 7) is 1.53. The number of carbonyl (C=O) groups is 1. The Hall–Kier alpha value is -2.21. The van der Waals surface area contributed by atoms with Crippen LogP contribution in [0.3, 0.4) is 0 Å². The van der Waals surface area contributed by atoms with Crippen LogP contribution in [0, 0.1) is 6.92 Å². The van der Waals surface area contributed by atoms with Gasteiger partial charge in [-0.15, -0.1) is 5.10 Å². The minimum absolute atomic E-state index is 0.0712. The van der Waals surface area contributed by atoms with E-state index in [1.54, 1.807) is 6.92 Å². The lowest BCUT2D eigenvalue weighted by molar-refractivity contribution is 0.0906. The highest BCUT2D eigenvalue weighted by Gasteiger charge is 2.17. The topological polar surface area (TPSA) is 90.9 Å². The van der Waals surface area contributed by atoms with E-state index in [9.17, 15) is 9.90 Å². The summed E-state index contributed by atoms with van der Waals surface area (Å²) in [6, 6.07) is 8.78. The molecule has 18 heavy (non-hydrogen) atoms. The SMILES string of the molecule is Cc1nc(C(=O)N[C@@H](CO)c2ccccc2)n[nH]1. The first-order chi connectivity index (χ1) is 8.70. The number of hydrogen-bond donors (Lipinski definition) is 3. The number of hydrogen-bond acceptors (Lipinski definition) is 4. The van der Waals surface area contributed by atoms with Gasteiger partial charge in [-0.25, -0.2) is 4.98 Å². The maximum Gasteiger partial charge on any atom is 0.291 e. The van der Waals surface area contributed by atoms with Crippen molar-refractivity contribution < 1.29 is 9.90 Å². The molecule has 0 unspecified atom stereocenters. The quantitative estimate of drug-likeness (QED) is 0.735. The van der Waals surface area contributed by atoms with E-state index in [2.05, 4.69) is 20.5 Å². The van der Waals surface area contributed by atoms with Crippen molar-refractivity contribution in [1.82, 2.24) is 20.5 Å². The zero-order valence-corrected chi connectivity index (χ0v) is 9.92. The third kappa shape index (κ3) is 2.72. The van der Waals surface area contributed by atoms with Gasteiger partial charge in [0.05, 0.1) is 12.6 Å². The molecule has 2 rings (SSSR count). The number of carbonyl (C=O) groups excluding carboxylic acids is 1. The molecular formula is C12H14N4O2. The summed E-state index contributed by atoms with van der Waals surface area (Å²) in [4.78, 5) is 15.8. The van der Waals surface area contributed by atoms with Gasteiger partial charge in [-0.3, -0.25) is 9.89 Å². The average Bonchev–Trinajstić information content (AvgIpc) is 2.83. The maximum atomic E-state index is 11.8. The molecule has 0 aliphatic rings. The van der Waals surface area contributed by atoms with Crippen LogP contribution >= 0.6 is 0 Å². The van der Waals surface area contributed by atoms with Crippen molar-refractivity contribution in [3.63, 3.8) is 0 Å². The lowest BCUT2D eigenvalue weighted by atomic mass is 10.1. The number of nitrogens with one attached hydrogen (secondary N) is 2. The average molecular weight is 246 g/mol. The minimum atomic E-state index is -0.461. The second kappa shape index (κ2) is 5.42. The van der Waals surface area contributed by atoms with E-state index < -0.39 is 11.9 Å². The summed E-state index contributed by atoms with van der Waals surface area (Å²) in [5.74, 6) is 0.226. The molecule has 1 atom stereocenters. The number of aliphatic hydroxyl groups is 1. The number of nitrogens with zero attached hydrogens (tertiary/aromatic N) is 2. The number of rotatable bonds is 4. The van der Waals surface area contributed by atoms with Crippen LogP contribution in [-0.4, -0.2) is 32.8 Å². The van der Waals surface area contributed by atoms with Crippen LogP contribution in [0.4, 0.5) is 0 Å². The lowest BCUT2D eigenvalue weighted by Gasteiger charge is -2.15. The first-order valence-corrected chi connectivity index (χ1v) is 5.56. The van der Waals surface area contributed by atoms with Gasteiger partial charge in [0.1, 0.15) is 5.82 Å². The van der Waals surface area contributed by atoms with Crippen LogP contribution in [-0.2, 0) is 0 Å². The number of H-pyrrole nitrogens is 1. The summed E-state index contributed by atoms with van der Waals surface area (Å²) in [6.07, 6.45) is 0. The lowest BCUT2D eigenvalue weighted by Crippen LogP contribution is -2.31. The van der Waals surface area contributed by atoms with Gasteiger partial charge in [-0.05, 0) is 12.5 Å². The molecule has 3 N–H and O–H groups in total. The molecule has 6 heteroatoms. The van der Waals surface area contributed by atoms with Crippen molar-refractivity contribution in [3.8, 4) is 0 Å². The third-order valence-corrected chi connectivity index (χ3v) is 2.49. The highest BCUT2D eigenvalue weighted by molar-refractivity contribution is 5.90. The van der Waals surface area contributed by atoms with Gasteiger partial charge in [-0.2, -0.15) is 0 Å². The van der Waals surface area contributed by atoms with E-state index in [1.165, 1.54) is 0 Å². The van der Waals surface area contributed by atoms with E-state index in [0.717, 1.165) is 5.56 Å². The number of benzene rings is 1. The number of amides is 1. The van der Waals surface area contributed by atoms with Gasteiger partial charge in [0, 0.05) is 0 Å². The summed E-state index contributed by atoms with van der Waals surface area (Å²) in [5.41, 5.74) is 0.834. The van der Waals surface area contributed by atoms with Crippen molar-refractivity contribution in [2.75, 3.05) is 6.61 Å². The standard InChI is InChI=1S/C12H14N4O2/c1-8-13-11(16-15-8)12(18)14-10(7-17)9-5-3-2-4-6-9/h2-6,10,17H,7H2,1H3,(H,14,18)(H,13,15,16)/t10-/m0/s1. The molecule has 1 amide bonds. The number of aromatic amines is 1. The molecule has 2 aromatic rings. The molecule has 0 aliphatic heterocycles. The Morgan fingerprint density at radius 3 is 2.72 bits per heavy atom. The Morgan fingerprint density at radius 2 is 2.17 bits per heavy atom. The highest BCUT2D eigenvalue weighted by Crippen LogP contribution is 2.11. The molecule has 0 aliphatic carbocycles. The smallest absolute Gasteiger partial charge is 0.291 e. The van der Waals surface area contributed by atoms with Gasteiger partial charge in [0.25, 0.3) is 5.91 Å². The predicted molar refractivity (Wildman–Crippen MR) is 64.9 cm³/mol. The van der Waals surface area contributed by atoms with Crippen LogP contribution < -0.4 is 5.32 Å². The normalized spacial score (nSPS) is 12.1. The van der Waals surface area contributed by atoms with Crippen LogP contribution in [0.2, 0.25) is 0 Å². The van der Waals surface area contributed by atoms with Crippen LogP contribution in [0.5, 0.6) is 0 Å². The van der Waals surface area contributed by atoms with Crippen molar-refractivity contribution in [2.24, 2.45) is 0 Å². The first kappa shape index (κ1) is 12.3. The molecule has 94 valence electrons. The second-order valence-corrected chi connectivity index (χ2v) is 3.86. The highest BCUT2D eigenvalue weighted by atomic mass is 16.3. The Morgan fingerprint density at radius 1 is 1.44 bits per heavy atom. The van der Waals surface area contributed by atoms with Crippen LogP contribution in [0.1, 0.15) is 28.0 Å². The molecule has 0 fully saturated rings. The Labute approximate surface area is 104 Å². The largest absolute Gasteiger partial charge is 0.394 e. The van der Waals surface area contributed by atoms with E-state index in [4.69, 9.17) is 0 Å². The zero-order chi connectivity index (χ0) is 13.0. The van der Waals surface area contributed by atoms with Crippen molar-refractivity contribution in [1.29, 1.82) is 0 Å². The molecule has 1 heterocycles. The van der Waals surface area contributed by atoms with Gasteiger partial charge in [-0.1, -0.05) is 30.3 Å². The molecule has 0 saturated carbocycles. The summed E-state index contributed by atoms with van der Waals surface area (Å²) in [7, 11) is 0. The van der Waals surface area contributed by atoms with E-state index in [1.807, 2.05) is 30.3 Å². The Bertz CT molecular complexity index is 524. The minimum Gasteiger partial charge on any atom is -0.394 e. The van der Waals surface area contributed by atoms with Gasteiger partial charge < -0.3 is 10.4 Å². The fraction of sp³-hybridized carbons (Fsp3) is 0.250. The monoisotopic (exact) mass is 246 g/mol. The number of aryl methyl sites for hydroxylation is 1. The van der Waals surface area contributed by atoms with E-state index >= 15 is 0 Å². The first-order valence-electron chi connectivity index (χ1n) is 5.56. The van der Waals surface area contributed by atoms with Crippen LogP contribution in [0.15, 0.2) is 30.3 Å². The summed E-state index contributed by atoms with van der Waals surface area (Å²) >= 11 is 0. The molecule has 0 saturated heterocycles. The molecule has 1 aromatic heterocycles. The molecule has 0 radical (unpaired) electrons. The van der Waals surface area contributed by atoms with Gasteiger partial charge in [0.15, 0.2) is 0 Å². The van der Waals surface area contributed by atoms with Crippen molar-refractivity contribution >= 4 is 5.91 Å². The third-order valence-electron chi connectivity index (χ3n) is 2.49. The Balaban J connectivity index is 2.10. The fourth-order valence-electron chi connectivity index (χ4n) is 1.59. The summed E-state index contributed by atoms with van der Waals surface area (Å²) < 4.78 is 0. The van der Waals surface area contributed by atoms with E-state index in [0.29, 0.717) is 5.82 Å². The second-order valence-electron chi connectivity index (χ2n) is 3.86. The van der Waals surface area contributed by atoms with Gasteiger partial charge >= 0.3 is 0 Å². The fourth-order valence-corrected chi connectivity index (χ4v) is 1.59. The molecule has 0 bridgehead atoms. The molecule has 0 spiro atoms. The summed E-state index contributed by atoms with van der Waals surface area (Å²) in [5, 5.41) is 18.4. The Kier molecular flexibility index (Phi) is 3.69. The predicted octanol–water partition coefficient (Wildman–Crippen LogP) is 0.577. The van der Waals surface area contributed by atoms with E-state index in [-0.39, 0.29) is 12.4 Å².